The van der Waals surface area contributed by atoms with Gasteiger partial charge in [-0.2, -0.15) is 0 Å². The number of nitrogens with zero attached hydrogens (tertiary/aromatic N) is 1. The average molecular weight is 417 g/mol. The zero-order chi connectivity index (χ0) is 21.0. The van der Waals surface area contributed by atoms with Gasteiger partial charge in [0, 0.05) is 40.7 Å². The Morgan fingerprint density at radius 1 is 1.10 bits per heavy atom. The van der Waals surface area contributed by atoms with E-state index in [9.17, 15) is 9.18 Å². The Bertz CT molecular complexity index is 1110. The Morgan fingerprint density at radius 2 is 1.76 bits per heavy atom. The number of hydrogen-bond acceptors (Lipinski definition) is 4. The molecule has 1 aromatic heterocycles. The van der Waals surface area contributed by atoms with Gasteiger partial charge in [-0.05, 0) is 18.2 Å². The second-order valence-electron chi connectivity index (χ2n) is 6.54. The highest BCUT2D eigenvalue weighted by atomic mass is 35.5. The summed E-state index contributed by atoms with van der Waals surface area (Å²) >= 11 is 6.00. The molecule has 0 saturated heterocycles. The number of halogens is 2. The summed E-state index contributed by atoms with van der Waals surface area (Å²) in [4.78, 5) is 13.1. The molecule has 3 rings (SSSR count). The van der Waals surface area contributed by atoms with Crippen molar-refractivity contribution in [1.82, 2.24) is 9.88 Å². The van der Waals surface area contributed by atoms with Gasteiger partial charge in [-0.25, -0.2) is 4.39 Å². The van der Waals surface area contributed by atoms with E-state index in [1.807, 2.05) is 6.07 Å². The van der Waals surface area contributed by atoms with Gasteiger partial charge in [0.2, 0.25) is 0 Å². The van der Waals surface area contributed by atoms with E-state index < -0.39 is 0 Å². The van der Waals surface area contributed by atoms with Gasteiger partial charge in [-0.1, -0.05) is 36.4 Å². The van der Waals surface area contributed by atoms with Crippen LogP contribution in [0.15, 0.2) is 58.9 Å². The van der Waals surface area contributed by atoms with Gasteiger partial charge in [0.25, 0.3) is 5.56 Å². The van der Waals surface area contributed by atoms with Crippen molar-refractivity contribution in [3.05, 3.63) is 81.4 Å². The van der Waals surface area contributed by atoms with Crippen LogP contribution in [0.5, 0.6) is 11.5 Å². The van der Waals surface area contributed by atoms with Gasteiger partial charge in [0.15, 0.2) is 11.5 Å². The smallest absolute Gasteiger partial charge is 0.255 e. The van der Waals surface area contributed by atoms with Crippen molar-refractivity contribution in [2.45, 2.75) is 19.6 Å². The highest BCUT2D eigenvalue weighted by Crippen LogP contribution is 2.32. The Balaban J connectivity index is 2.00. The van der Waals surface area contributed by atoms with E-state index in [2.05, 4.69) is 11.9 Å². The maximum absolute atomic E-state index is 13.8. The third-order valence-corrected chi connectivity index (χ3v) is 4.71. The second-order valence-corrected chi connectivity index (χ2v) is 7.07. The maximum Gasteiger partial charge on any atom is 0.255 e. The van der Waals surface area contributed by atoms with Gasteiger partial charge in [0.05, 0.1) is 26.3 Å². The highest BCUT2D eigenvalue weighted by molar-refractivity contribution is 6.29. The lowest BCUT2D eigenvalue weighted by Crippen LogP contribution is -2.27. The molecule has 152 valence electrons. The Hall–Kier alpha value is -2.83. The highest BCUT2D eigenvalue weighted by Gasteiger charge is 2.14. The summed E-state index contributed by atoms with van der Waals surface area (Å²) in [6.45, 7) is 4.44. The quantitative estimate of drug-likeness (QED) is 0.598. The standard InChI is InChI=1S/C22H22ClFN2O3/c1-14(23)13-26-19-10-21(29-3)20(28-2)9-16(19)8-17(22(26)27)12-25-11-15-6-4-5-7-18(15)24/h4-10,25H,1,11-13H2,2-3H3. The molecule has 2 aromatic carbocycles. The number of methoxy groups -OCH3 is 2. The molecular weight excluding hydrogens is 395 g/mol. The number of ether oxygens (including phenoxy) is 2. The van der Waals surface area contributed by atoms with E-state index in [0.717, 1.165) is 5.39 Å². The maximum atomic E-state index is 13.8. The number of pyridine rings is 1. The fraction of sp³-hybridized carbons (Fsp3) is 0.227. The van der Waals surface area contributed by atoms with Crippen LogP contribution in [0.4, 0.5) is 4.39 Å². The van der Waals surface area contributed by atoms with E-state index in [0.29, 0.717) is 39.7 Å². The third-order valence-electron chi connectivity index (χ3n) is 4.59. The minimum Gasteiger partial charge on any atom is -0.493 e. The molecule has 0 spiro atoms. The van der Waals surface area contributed by atoms with Gasteiger partial charge >= 0.3 is 0 Å². The summed E-state index contributed by atoms with van der Waals surface area (Å²) < 4.78 is 26.1. The summed E-state index contributed by atoms with van der Waals surface area (Å²) in [7, 11) is 3.09. The molecule has 7 heteroatoms. The predicted octanol–water partition coefficient (Wildman–Crippen LogP) is 4.20. The third kappa shape index (κ3) is 4.60. The molecule has 0 unspecified atom stereocenters. The molecule has 0 bridgehead atoms. The molecule has 3 aromatic rings. The zero-order valence-corrected chi connectivity index (χ0v) is 17.1. The Morgan fingerprint density at radius 3 is 2.41 bits per heavy atom. The first-order chi connectivity index (χ1) is 13.9. The van der Waals surface area contributed by atoms with Crippen molar-refractivity contribution >= 4 is 22.5 Å². The molecule has 0 atom stereocenters. The van der Waals surface area contributed by atoms with Crippen molar-refractivity contribution in [2.75, 3.05) is 14.2 Å². The molecule has 0 aliphatic heterocycles. The molecule has 5 nitrogen and oxygen atoms in total. The van der Waals surface area contributed by atoms with Gasteiger partial charge in [0.1, 0.15) is 5.82 Å². The van der Waals surface area contributed by atoms with Crippen molar-refractivity contribution in [3.63, 3.8) is 0 Å². The number of nitrogens with one attached hydrogen (secondary N) is 1. The van der Waals surface area contributed by atoms with Crippen LogP contribution in [0.25, 0.3) is 10.9 Å². The lowest BCUT2D eigenvalue weighted by atomic mass is 10.1. The first-order valence-electron chi connectivity index (χ1n) is 9.00. The summed E-state index contributed by atoms with van der Waals surface area (Å²) in [6, 6.07) is 11.9. The van der Waals surface area contributed by atoms with Crippen molar-refractivity contribution < 1.29 is 13.9 Å². The number of aromatic nitrogens is 1. The lowest BCUT2D eigenvalue weighted by molar-refractivity contribution is 0.355. The SMILES string of the molecule is C=C(Cl)Cn1c(=O)c(CNCc2ccccc2F)cc2cc(OC)c(OC)cc21. The van der Waals surface area contributed by atoms with E-state index in [1.165, 1.54) is 13.2 Å². The fourth-order valence-electron chi connectivity index (χ4n) is 3.19. The van der Waals surface area contributed by atoms with Gasteiger partial charge < -0.3 is 19.4 Å². The summed E-state index contributed by atoms with van der Waals surface area (Å²) in [6.07, 6.45) is 0. The molecule has 29 heavy (non-hydrogen) atoms. The van der Waals surface area contributed by atoms with Crippen LogP contribution >= 0.6 is 11.6 Å². The van der Waals surface area contributed by atoms with Crippen molar-refractivity contribution in [3.8, 4) is 11.5 Å². The normalized spacial score (nSPS) is 10.9. The van der Waals surface area contributed by atoms with Crippen LogP contribution in [0.1, 0.15) is 11.1 Å². The van der Waals surface area contributed by atoms with Gasteiger partial charge in [-0.3, -0.25) is 4.79 Å². The second kappa shape index (κ2) is 9.11. The number of allylic oxidation sites excluding steroid dienone is 1. The van der Waals surface area contributed by atoms with E-state index in [4.69, 9.17) is 21.1 Å². The van der Waals surface area contributed by atoms with Crippen LogP contribution < -0.4 is 20.3 Å². The van der Waals surface area contributed by atoms with Crippen LogP contribution in [-0.4, -0.2) is 18.8 Å². The monoisotopic (exact) mass is 416 g/mol. The number of hydrogen-bond donors (Lipinski definition) is 1. The topological polar surface area (TPSA) is 52.5 Å². The van der Waals surface area contributed by atoms with Crippen molar-refractivity contribution in [2.24, 2.45) is 0 Å². The lowest BCUT2D eigenvalue weighted by Gasteiger charge is -2.16. The van der Waals surface area contributed by atoms with E-state index in [-0.39, 0.29) is 24.5 Å². The summed E-state index contributed by atoms with van der Waals surface area (Å²) in [5.41, 5.74) is 1.52. The van der Waals surface area contributed by atoms with Gasteiger partial charge in [-0.15, -0.1) is 0 Å². The minimum absolute atomic E-state index is 0.160. The average Bonchev–Trinajstić information content (AvgIpc) is 2.71. The zero-order valence-electron chi connectivity index (χ0n) is 16.3. The van der Waals surface area contributed by atoms with Crippen LogP contribution in [0, 0.1) is 5.82 Å². The molecule has 0 saturated carbocycles. The van der Waals surface area contributed by atoms with Crippen molar-refractivity contribution in [1.29, 1.82) is 0 Å². The number of rotatable bonds is 8. The van der Waals surface area contributed by atoms with E-state index >= 15 is 0 Å². The molecular formula is C22H22ClFN2O3. The molecule has 1 N–H and O–H groups in total. The minimum atomic E-state index is -0.286. The fourth-order valence-corrected chi connectivity index (χ4v) is 3.31. The first kappa shape index (κ1) is 20.9. The van der Waals surface area contributed by atoms with Crippen LogP contribution in [0.3, 0.4) is 0 Å². The number of fused-ring (bicyclic) bond motifs is 1. The van der Waals surface area contributed by atoms with Crippen LogP contribution in [0.2, 0.25) is 0 Å². The first-order valence-corrected chi connectivity index (χ1v) is 9.38. The molecule has 0 aliphatic carbocycles. The Labute approximate surface area is 173 Å². The number of benzene rings is 2. The molecule has 0 fully saturated rings. The molecule has 0 amide bonds. The summed E-state index contributed by atoms with van der Waals surface area (Å²) in [5.74, 6) is 0.783. The molecule has 0 radical (unpaired) electrons. The predicted molar refractivity (Wildman–Crippen MR) is 113 cm³/mol. The molecule has 0 aliphatic rings. The van der Waals surface area contributed by atoms with E-state index in [1.54, 1.807) is 42.0 Å². The Kier molecular flexibility index (Phi) is 6.56. The summed E-state index contributed by atoms with van der Waals surface area (Å²) in [5, 5.41) is 4.26. The van der Waals surface area contributed by atoms with Crippen LogP contribution in [-0.2, 0) is 19.6 Å². The largest absolute Gasteiger partial charge is 0.493 e. The molecule has 1 heterocycles.